The Morgan fingerprint density at radius 2 is 2.03 bits per heavy atom. The Kier molecular flexibility index (Phi) is 4.51. The van der Waals surface area contributed by atoms with Crippen LogP contribution in [0.25, 0.3) is 10.9 Å². The van der Waals surface area contributed by atoms with Gasteiger partial charge in [-0.3, -0.25) is 0 Å². The molecule has 1 saturated heterocycles. The molecule has 3 atom stereocenters. The molecule has 4 heterocycles. The number of nitrogens with one attached hydrogen (secondary N) is 1. The van der Waals surface area contributed by atoms with Gasteiger partial charge in [-0.2, -0.15) is 0 Å². The highest BCUT2D eigenvalue weighted by Crippen LogP contribution is 2.47. The second kappa shape index (κ2) is 7.17. The maximum Gasteiger partial charge on any atom is 0.187 e. The van der Waals surface area contributed by atoms with Gasteiger partial charge >= 0.3 is 0 Å². The van der Waals surface area contributed by atoms with E-state index in [9.17, 15) is 0 Å². The maximum absolute atomic E-state index is 5.12. The zero-order chi connectivity index (χ0) is 21.3. The van der Waals surface area contributed by atoms with Gasteiger partial charge in [-0.1, -0.05) is 30.4 Å². The number of aromatic amines is 1. The monoisotopic (exact) mass is 435 g/mol. The van der Waals surface area contributed by atoms with Gasteiger partial charge in [0.25, 0.3) is 0 Å². The molecule has 1 N–H and O–H groups in total. The van der Waals surface area contributed by atoms with Crippen molar-refractivity contribution in [2.24, 2.45) is 4.99 Å². The summed E-state index contributed by atoms with van der Waals surface area (Å²) in [7, 11) is 4.44. The highest BCUT2D eigenvalue weighted by atomic mass is 32.1. The van der Waals surface area contributed by atoms with Crippen molar-refractivity contribution in [3.63, 3.8) is 0 Å². The Balaban J connectivity index is 0.00000216. The minimum absolute atomic E-state index is 0. The van der Waals surface area contributed by atoms with Gasteiger partial charge in [0.2, 0.25) is 0 Å². The smallest absolute Gasteiger partial charge is 0.187 e. The summed E-state index contributed by atoms with van der Waals surface area (Å²) in [5, 5.41) is 3.58. The molecular formula is C25H33N5S. The Labute approximate surface area is 189 Å². The minimum Gasteiger partial charge on any atom is -0.361 e. The molecule has 3 unspecified atom stereocenters. The summed E-state index contributed by atoms with van der Waals surface area (Å²) in [6.45, 7) is 5.74. The molecule has 1 aliphatic carbocycles. The van der Waals surface area contributed by atoms with Gasteiger partial charge in [0.05, 0.1) is 16.9 Å². The van der Waals surface area contributed by atoms with Crippen LogP contribution in [-0.2, 0) is 0 Å². The number of fused-ring (bicyclic) bond motifs is 2. The van der Waals surface area contributed by atoms with Gasteiger partial charge in [0.15, 0.2) is 5.13 Å². The fourth-order valence-electron chi connectivity index (χ4n) is 5.37. The Bertz CT molecular complexity index is 1180. The largest absolute Gasteiger partial charge is 0.361 e. The van der Waals surface area contributed by atoms with E-state index in [4.69, 9.17) is 9.98 Å². The lowest BCUT2D eigenvalue weighted by atomic mass is 9.93. The topological polar surface area (TPSA) is 47.5 Å². The highest BCUT2D eigenvalue weighted by Gasteiger charge is 2.34. The van der Waals surface area contributed by atoms with E-state index < -0.39 is 0 Å². The SMILES string of the molecule is CC1C(c2ccc(C3CC3)c3cc[nH]c23)=Nc2sc(N(C)C3CCN(C)C(C)C3)nc21.[HH]. The summed E-state index contributed by atoms with van der Waals surface area (Å²) in [5.74, 6) is 0.974. The van der Waals surface area contributed by atoms with Crippen molar-refractivity contribution in [2.45, 2.75) is 63.5 Å². The van der Waals surface area contributed by atoms with Gasteiger partial charge < -0.3 is 14.8 Å². The Morgan fingerprint density at radius 1 is 1.19 bits per heavy atom. The molecule has 2 aromatic heterocycles. The second-order valence-corrected chi connectivity index (χ2v) is 10.7. The van der Waals surface area contributed by atoms with Crippen molar-refractivity contribution in [1.29, 1.82) is 0 Å². The summed E-state index contributed by atoms with van der Waals surface area (Å²) in [6, 6.07) is 8.03. The molecule has 0 spiro atoms. The molecule has 1 saturated carbocycles. The van der Waals surface area contributed by atoms with E-state index in [1.807, 2.05) is 0 Å². The molecule has 6 rings (SSSR count). The number of hydrogen-bond donors (Lipinski definition) is 1. The number of anilines is 1. The lowest BCUT2D eigenvalue weighted by molar-refractivity contribution is 0.181. The van der Waals surface area contributed by atoms with Crippen LogP contribution in [0.1, 0.15) is 69.6 Å². The number of hydrogen-bond acceptors (Lipinski definition) is 5. The van der Waals surface area contributed by atoms with Gasteiger partial charge in [0.1, 0.15) is 5.00 Å². The predicted octanol–water partition coefficient (Wildman–Crippen LogP) is 5.90. The summed E-state index contributed by atoms with van der Waals surface area (Å²) in [4.78, 5) is 18.6. The lowest BCUT2D eigenvalue weighted by Gasteiger charge is -2.39. The zero-order valence-corrected chi connectivity index (χ0v) is 19.7. The molecule has 0 bridgehead atoms. The summed E-state index contributed by atoms with van der Waals surface area (Å²) >= 11 is 1.76. The van der Waals surface area contributed by atoms with Crippen molar-refractivity contribution in [1.82, 2.24) is 14.9 Å². The third kappa shape index (κ3) is 3.14. The van der Waals surface area contributed by atoms with Crippen LogP contribution in [0.4, 0.5) is 10.1 Å². The quantitative estimate of drug-likeness (QED) is 0.555. The molecule has 2 fully saturated rings. The second-order valence-electron chi connectivity index (χ2n) is 9.77. The maximum atomic E-state index is 5.12. The summed E-state index contributed by atoms with van der Waals surface area (Å²) in [5.41, 5.74) is 6.28. The molecule has 1 aromatic carbocycles. The molecule has 31 heavy (non-hydrogen) atoms. The van der Waals surface area contributed by atoms with Crippen molar-refractivity contribution in [2.75, 3.05) is 25.5 Å². The van der Waals surface area contributed by atoms with Gasteiger partial charge in [-0.15, -0.1) is 0 Å². The first kappa shape index (κ1) is 19.5. The highest BCUT2D eigenvalue weighted by molar-refractivity contribution is 7.19. The average Bonchev–Trinajstić information content (AvgIpc) is 3.20. The number of likely N-dealkylation sites (tertiary alicyclic amines) is 1. The molecule has 5 nitrogen and oxygen atoms in total. The van der Waals surface area contributed by atoms with Crippen LogP contribution in [0.15, 0.2) is 29.4 Å². The molecule has 0 radical (unpaired) electrons. The first-order valence-electron chi connectivity index (χ1n) is 11.6. The fraction of sp³-hybridized carbons (Fsp3) is 0.520. The van der Waals surface area contributed by atoms with Crippen LogP contribution in [0, 0.1) is 0 Å². The van der Waals surface area contributed by atoms with Crippen LogP contribution < -0.4 is 4.90 Å². The number of rotatable bonds is 4. The van der Waals surface area contributed by atoms with Crippen LogP contribution in [-0.4, -0.2) is 53.3 Å². The number of nitrogens with zero attached hydrogens (tertiary/aromatic N) is 4. The summed E-state index contributed by atoms with van der Waals surface area (Å²) < 4.78 is 0. The molecule has 0 amide bonds. The van der Waals surface area contributed by atoms with Crippen molar-refractivity contribution < 1.29 is 1.43 Å². The third-order valence-corrected chi connectivity index (χ3v) is 8.80. The molecular weight excluding hydrogens is 402 g/mol. The van der Waals surface area contributed by atoms with E-state index in [1.165, 1.54) is 47.7 Å². The van der Waals surface area contributed by atoms with Crippen molar-refractivity contribution in [3.8, 4) is 0 Å². The Hall–Kier alpha value is -2.18. The minimum atomic E-state index is 0. The van der Waals surface area contributed by atoms with E-state index in [1.54, 1.807) is 11.3 Å². The standard InChI is InChI=1S/C25H31N5S.H2/c1-14-13-17(10-12-29(14)3)30(4)25-28-22-15(2)21(27-24(22)31-25)20-8-7-18(16-5-6-16)19-9-11-26-23(19)20;/h7-9,11,14-17,26H,5-6,10,12-13H2,1-4H3;1H. The lowest BCUT2D eigenvalue weighted by Crippen LogP contribution is -2.46. The molecule has 6 heteroatoms. The van der Waals surface area contributed by atoms with Crippen molar-refractivity contribution >= 4 is 38.1 Å². The van der Waals surface area contributed by atoms with Crippen molar-refractivity contribution in [3.05, 3.63) is 41.2 Å². The van der Waals surface area contributed by atoms with E-state index >= 15 is 0 Å². The molecule has 164 valence electrons. The molecule has 3 aliphatic rings. The van der Waals surface area contributed by atoms with E-state index in [2.05, 4.69) is 67.1 Å². The van der Waals surface area contributed by atoms with Crippen LogP contribution >= 0.6 is 11.3 Å². The van der Waals surface area contributed by atoms with E-state index in [0.717, 1.165) is 34.0 Å². The third-order valence-electron chi connectivity index (χ3n) is 7.75. The number of H-pyrrole nitrogens is 1. The first-order valence-corrected chi connectivity index (χ1v) is 12.5. The first-order chi connectivity index (χ1) is 15.0. The van der Waals surface area contributed by atoms with Crippen LogP contribution in [0.5, 0.6) is 0 Å². The number of aromatic nitrogens is 2. The number of benzene rings is 1. The van der Waals surface area contributed by atoms with Gasteiger partial charge in [-0.25, -0.2) is 9.98 Å². The molecule has 2 aliphatic heterocycles. The van der Waals surface area contributed by atoms with E-state index in [0.29, 0.717) is 12.1 Å². The number of thiazole rings is 1. The van der Waals surface area contributed by atoms with Crippen LogP contribution in [0.2, 0.25) is 0 Å². The van der Waals surface area contributed by atoms with Gasteiger partial charge in [-0.05, 0) is 57.2 Å². The number of piperidine rings is 1. The van der Waals surface area contributed by atoms with E-state index in [-0.39, 0.29) is 7.34 Å². The predicted molar refractivity (Wildman–Crippen MR) is 133 cm³/mol. The molecule has 3 aromatic rings. The number of aliphatic imine (C=N–C) groups is 1. The average molecular weight is 436 g/mol. The zero-order valence-electron chi connectivity index (χ0n) is 18.9. The van der Waals surface area contributed by atoms with Crippen LogP contribution in [0.3, 0.4) is 0 Å². The van der Waals surface area contributed by atoms with Gasteiger partial charge in [0, 0.05) is 50.2 Å². The Morgan fingerprint density at radius 3 is 2.77 bits per heavy atom. The normalized spacial score (nSPS) is 26.3. The summed E-state index contributed by atoms with van der Waals surface area (Å²) in [6.07, 6.45) is 7.11. The fourth-order valence-corrected chi connectivity index (χ4v) is 6.45.